The number of hydrogen-bond donors (Lipinski definition) is 1. The van der Waals surface area contributed by atoms with E-state index in [0.717, 1.165) is 28.7 Å². The molecular weight excluding hydrogens is 310 g/mol. The maximum absolute atomic E-state index is 12.8. The van der Waals surface area contributed by atoms with E-state index >= 15 is 0 Å². The number of aromatic nitrogens is 1. The number of amides is 2. The fourth-order valence-electron chi connectivity index (χ4n) is 3.15. The molecule has 1 unspecified atom stereocenters. The second-order valence-electron chi connectivity index (χ2n) is 6.16. The maximum Gasteiger partial charge on any atom is 0.250 e. The normalized spacial score (nSPS) is 20.9. The molecule has 0 spiro atoms. The number of hydrogen-bond acceptors (Lipinski definition) is 4. The summed E-state index contributed by atoms with van der Waals surface area (Å²) in [5.74, 6) is -0.0494. The van der Waals surface area contributed by atoms with Gasteiger partial charge in [0.15, 0.2) is 0 Å². The summed E-state index contributed by atoms with van der Waals surface area (Å²) in [6.45, 7) is 4.51. The van der Waals surface area contributed by atoms with Gasteiger partial charge in [-0.2, -0.15) is 0 Å². The third kappa shape index (κ3) is 2.95. The van der Waals surface area contributed by atoms with Gasteiger partial charge in [0.05, 0.1) is 15.7 Å². The number of benzene rings is 1. The average Bonchev–Trinajstić information content (AvgIpc) is 3.14. The minimum Gasteiger partial charge on any atom is -0.328 e. The lowest BCUT2D eigenvalue weighted by Gasteiger charge is -2.34. The van der Waals surface area contributed by atoms with Crippen LogP contribution in [0.1, 0.15) is 39.5 Å². The Morgan fingerprint density at radius 1 is 1.43 bits per heavy atom. The van der Waals surface area contributed by atoms with Crippen molar-refractivity contribution in [2.24, 2.45) is 0 Å². The van der Waals surface area contributed by atoms with Gasteiger partial charge in [-0.15, -0.1) is 11.3 Å². The van der Waals surface area contributed by atoms with Gasteiger partial charge in [0, 0.05) is 18.7 Å². The molecule has 1 aromatic carbocycles. The number of nitrogens with zero attached hydrogens (tertiary/aromatic N) is 2. The van der Waals surface area contributed by atoms with E-state index in [-0.39, 0.29) is 11.8 Å². The predicted octanol–water partition coefficient (Wildman–Crippen LogP) is 3.42. The van der Waals surface area contributed by atoms with Crippen LogP contribution >= 0.6 is 11.3 Å². The van der Waals surface area contributed by atoms with Crippen LogP contribution in [0.3, 0.4) is 0 Å². The molecule has 1 aromatic heterocycles. The van der Waals surface area contributed by atoms with E-state index in [4.69, 9.17) is 0 Å². The second kappa shape index (κ2) is 6.28. The van der Waals surface area contributed by atoms with E-state index in [1.807, 2.05) is 32.0 Å². The number of rotatable bonds is 4. The van der Waals surface area contributed by atoms with Crippen LogP contribution in [0.2, 0.25) is 0 Å². The molecule has 1 aliphatic rings. The van der Waals surface area contributed by atoms with Crippen LogP contribution in [0.4, 0.5) is 5.69 Å². The Labute approximate surface area is 139 Å². The number of thiazole rings is 1. The topological polar surface area (TPSA) is 62.3 Å². The van der Waals surface area contributed by atoms with Crippen molar-refractivity contribution < 1.29 is 9.59 Å². The molecule has 2 aromatic rings. The molecule has 1 saturated heterocycles. The third-order valence-electron chi connectivity index (χ3n) is 4.48. The fraction of sp³-hybridized carbons (Fsp3) is 0.471. The molecule has 0 saturated carbocycles. The first kappa shape index (κ1) is 15.9. The van der Waals surface area contributed by atoms with Gasteiger partial charge >= 0.3 is 0 Å². The number of likely N-dealkylation sites (tertiary alicyclic amines) is 1. The van der Waals surface area contributed by atoms with Crippen molar-refractivity contribution in [3.05, 3.63) is 23.7 Å². The molecule has 1 N–H and O–H groups in total. The molecule has 2 heterocycles. The highest BCUT2D eigenvalue weighted by Gasteiger charge is 2.45. The molecule has 1 atom stereocenters. The summed E-state index contributed by atoms with van der Waals surface area (Å²) in [7, 11) is 0. The van der Waals surface area contributed by atoms with Crippen molar-refractivity contribution in [3.8, 4) is 0 Å². The minimum atomic E-state index is -0.761. The molecule has 23 heavy (non-hydrogen) atoms. The Hall–Kier alpha value is -1.95. The number of carbonyl (C=O) groups is 2. The molecule has 3 rings (SSSR count). The molecule has 1 aliphatic heterocycles. The van der Waals surface area contributed by atoms with Crippen molar-refractivity contribution in [2.45, 2.75) is 45.1 Å². The molecular formula is C17H21N3O2S. The van der Waals surface area contributed by atoms with E-state index in [9.17, 15) is 9.59 Å². The summed E-state index contributed by atoms with van der Waals surface area (Å²) in [5.41, 5.74) is 2.64. The molecule has 5 nitrogen and oxygen atoms in total. The van der Waals surface area contributed by atoms with Crippen LogP contribution in [0.25, 0.3) is 10.2 Å². The van der Waals surface area contributed by atoms with E-state index in [1.54, 1.807) is 21.7 Å². The van der Waals surface area contributed by atoms with Crippen molar-refractivity contribution in [1.82, 2.24) is 9.88 Å². The number of anilines is 1. The molecule has 1 fully saturated rings. The van der Waals surface area contributed by atoms with Gasteiger partial charge in [0.2, 0.25) is 11.8 Å². The van der Waals surface area contributed by atoms with Gasteiger partial charge in [0.25, 0.3) is 0 Å². The zero-order valence-corrected chi connectivity index (χ0v) is 14.3. The maximum atomic E-state index is 12.8. The minimum absolute atomic E-state index is 0.0672. The number of carbonyl (C=O) groups excluding carboxylic acids is 2. The highest BCUT2D eigenvalue weighted by molar-refractivity contribution is 7.16. The highest BCUT2D eigenvalue weighted by Crippen LogP contribution is 2.31. The number of fused-ring (bicyclic) bond motifs is 1. The summed E-state index contributed by atoms with van der Waals surface area (Å²) in [4.78, 5) is 31.1. The fourth-order valence-corrected chi connectivity index (χ4v) is 3.81. The predicted molar refractivity (Wildman–Crippen MR) is 92.5 cm³/mol. The Bertz CT molecular complexity index is 742. The van der Waals surface area contributed by atoms with Crippen LogP contribution in [0.5, 0.6) is 0 Å². The van der Waals surface area contributed by atoms with Crippen molar-refractivity contribution in [3.63, 3.8) is 0 Å². The van der Waals surface area contributed by atoms with Crippen LogP contribution in [-0.4, -0.2) is 33.8 Å². The monoisotopic (exact) mass is 331 g/mol. The van der Waals surface area contributed by atoms with Crippen molar-refractivity contribution in [1.29, 1.82) is 0 Å². The van der Waals surface area contributed by atoms with Crippen molar-refractivity contribution in [2.75, 3.05) is 11.9 Å². The zero-order valence-electron chi connectivity index (χ0n) is 13.5. The van der Waals surface area contributed by atoms with Crippen LogP contribution in [0, 0.1) is 0 Å². The summed E-state index contributed by atoms with van der Waals surface area (Å²) in [5, 5.41) is 2.97. The van der Waals surface area contributed by atoms with Crippen LogP contribution in [-0.2, 0) is 9.59 Å². The SMILES string of the molecule is CCCC(=O)N1CCCC1(C)C(=O)Nc1ccc2scnc2c1. The molecule has 0 radical (unpaired) electrons. The first-order valence-corrected chi connectivity index (χ1v) is 8.88. The molecule has 2 amide bonds. The lowest BCUT2D eigenvalue weighted by atomic mass is 9.97. The lowest BCUT2D eigenvalue weighted by molar-refractivity contribution is -0.141. The Kier molecular flexibility index (Phi) is 4.35. The first-order valence-electron chi connectivity index (χ1n) is 8.00. The molecule has 6 heteroatoms. The van der Waals surface area contributed by atoms with E-state index < -0.39 is 5.54 Å². The Balaban J connectivity index is 1.79. The van der Waals surface area contributed by atoms with Gasteiger partial charge in [0.1, 0.15) is 5.54 Å². The summed E-state index contributed by atoms with van der Waals surface area (Å²) in [6.07, 6.45) is 2.86. The van der Waals surface area contributed by atoms with Gasteiger partial charge in [-0.1, -0.05) is 6.92 Å². The third-order valence-corrected chi connectivity index (χ3v) is 5.29. The summed E-state index contributed by atoms with van der Waals surface area (Å²) < 4.78 is 1.09. The van der Waals surface area contributed by atoms with Crippen LogP contribution < -0.4 is 5.32 Å². The average molecular weight is 331 g/mol. The van der Waals surface area contributed by atoms with Crippen LogP contribution in [0.15, 0.2) is 23.7 Å². The summed E-state index contributed by atoms with van der Waals surface area (Å²) in [6, 6.07) is 5.72. The van der Waals surface area contributed by atoms with Gasteiger partial charge in [-0.25, -0.2) is 4.98 Å². The highest BCUT2D eigenvalue weighted by atomic mass is 32.1. The lowest BCUT2D eigenvalue weighted by Crippen LogP contribution is -2.53. The molecule has 0 bridgehead atoms. The van der Waals surface area contributed by atoms with E-state index in [0.29, 0.717) is 19.4 Å². The Morgan fingerprint density at radius 2 is 2.26 bits per heavy atom. The Morgan fingerprint density at radius 3 is 3.04 bits per heavy atom. The quantitative estimate of drug-likeness (QED) is 0.934. The van der Waals surface area contributed by atoms with Crippen molar-refractivity contribution >= 4 is 39.1 Å². The standard InChI is InChI=1S/C17H21N3O2S/c1-3-5-15(21)20-9-4-8-17(20,2)16(22)19-12-6-7-14-13(10-12)18-11-23-14/h6-7,10-11H,3-5,8-9H2,1-2H3,(H,19,22). The second-order valence-corrected chi connectivity index (χ2v) is 7.05. The largest absolute Gasteiger partial charge is 0.328 e. The summed E-state index contributed by atoms with van der Waals surface area (Å²) >= 11 is 1.57. The zero-order chi connectivity index (χ0) is 16.4. The van der Waals surface area contributed by atoms with Gasteiger partial charge in [-0.3, -0.25) is 9.59 Å². The number of nitrogens with one attached hydrogen (secondary N) is 1. The molecule has 0 aliphatic carbocycles. The van der Waals surface area contributed by atoms with E-state index in [2.05, 4.69) is 10.3 Å². The van der Waals surface area contributed by atoms with Gasteiger partial charge in [-0.05, 0) is 44.4 Å². The van der Waals surface area contributed by atoms with E-state index in [1.165, 1.54) is 0 Å². The van der Waals surface area contributed by atoms with Gasteiger partial charge < -0.3 is 10.2 Å². The molecule has 122 valence electrons. The smallest absolute Gasteiger partial charge is 0.250 e. The first-order chi connectivity index (χ1) is 11.0.